The second kappa shape index (κ2) is 8.58. The van der Waals surface area contributed by atoms with E-state index in [4.69, 9.17) is 9.15 Å². The molecule has 0 aliphatic rings. The van der Waals surface area contributed by atoms with Crippen LogP contribution < -0.4 is 5.32 Å². The van der Waals surface area contributed by atoms with Crippen LogP contribution in [0.1, 0.15) is 55.7 Å². The zero-order valence-electron chi connectivity index (χ0n) is 16.8. The van der Waals surface area contributed by atoms with Crippen molar-refractivity contribution in [2.75, 3.05) is 11.9 Å². The summed E-state index contributed by atoms with van der Waals surface area (Å²) in [6.45, 7) is 6.23. The van der Waals surface area contributed by atoms with Crippen LogP contribution in [0, 0.1) is 19.7 Å². The van der Waals surface area contributed by atoms with E-state index in [1.54, 1.807) is 26.0 Å². The van der Waals surface area contributed by atoms with E-state index in [0.29, 0.717) is 21.1 Å². The Hall–Kier alpha value is -3.33. The zero-order valence-corrected chi connectivity index (χ0v) is 17.6. The summed E-state index contributed by atoms with van der Waals surface area (Å²) < 4.78 is 23.7. The lowest BCUT2D eigenvalue weighted by Crippen LogP contribution is -2.16. The van der Waals surface area contributed by atoms with E-state index in [2.05, 4.69) is 10.3 Å². The number of aryl methyl sites for hydroxylation is 2. The number of hydrogen-bond acceptors (Lipinski definition) is 7. The van der Waals surface area contributed by atoms with Gasteiger partial charge in [0, 0.05) is 5.56 Å². The normalized spacial score (nSPS) is 10.7. The molecule has 0 saturated carbocycles. The maximum absolute atomic E-state index is 13.2. The molecule has 7 nitrogen and oxygen atoms in total. The van der Waals surface area contributed by atoms with Crippen LogP contribution in [0.3, 0.4) is 0 Å². The topological polar surface area (TPSA) is 98.5 Å². The Kier molecular flexibility index (Phi) is 6.12. The number of ether oxygens (including phenoxy) is 1. The van der Waals surface area contributed by atoms with Gasteiger partial charge in [-0.25, -0.2) is 14.2 Å². The molecule has 1 amide bonds. The Balaban J connectivity index is 1.95. The fraction of sp³-hybridized carbons (Fsp3) is 0.238. The van der Waals surface area contributed by atoms with Gasteiger partial charge in [0.25, 0.3) is 5.91 Å². The lowest BCUT2D eigenvalue weighted by molar-refractivity contribution is 0.0524. The molecule has 30 heavy (non-hydrogen) atoms. The van der Waals surface area contributed by atoms with Gasteiger partial charge in [0.05, 0.1) is 17.9 Å². The van der Waals surface area contributed by atoms with Crippen molar-refractivity contribution >= 4 is 34.9 Å². The molecule has 0 fully saturated rings. The number of benzene rings is 1. The molecular weight excluding hydrogens is 411 g/mol. The molecule has 2 heterocycles. The third kappa shape index (κ3) is 4.16. The van der Waals surface area contributed by atoms with Crippen molar-refractivity contribution in [1.82, 2.24) is 4.98 Å². The highest BCUT2D eigenvalue weighted by atomic mass is 32.1. The predicted octanol–water partition coefficient (Wildman–Crippen LogP) is 4.79. The zero-order chi connectivity index (χ0) is 22.0. The fourth-order valence-corrected chi connectivity index (χ4v) is 3.90. The molecule has 0 aliphatic heterocycles. The van der Waals surface area contributed by atoms with Crippen molar-refractivity contribution in [3.8, 4) is 10.6 Å². The monoisotopic (exact) mass is 430 g/mol. The fourth-order valence-electron chi connectivity index (χ4n) is 2.94. The largest absolute Gasteiger partial charge is 0.462 e. The molecule has 1 aromatic carbocycles. The van der Waals surface area contributed by atoms with Crippen molar-refractivity contribution < 1.29 is 27.9 Å². The smallest absolute Gasteiger partial charge is 0.344 e. The average molecular weight is 430 g/mol. The number of carbonyl (C=O) groups is 3. The van der Waals surface area contributed by atoms with E-state index in [0.717, 1.165) is 11.3 Å². The molecule has 3 rings (SSSR count). The molecule has 9 heteroatoms. The van der Waals surface area contributed by atoms with Crippen LogP contribution in [0.15, 0.2) is 28.7 Å². The number of ketones is 1. The van der Waals surface area contributed by atoms with Crippen LogP contribution in [0.25, 0.3) is 10.6 Å². The van der Waals surface area contributed by atoms with Gasteiger partial charge in [0.1, 0.15) is 27.0 Å². The van der Waals surface area contributed by atoms with Gasteiger partial charge in [-0.1, -0.05) is 0 Å². The number of amides is 1. The Morgan fingerprint density at radius 2 is 1.83 bits per heavy atom. The third-order valence-corrected chi connectivity index (χ3v) is 5.44. The molecule has 0 radical (unpaired) electrons. The first kappa shape index (κ1) is 21.4. The van der Waals surface area contributed by atoms with Gasteiger partial charge in [-0.2, -0.15) is 0 Å². The summed E-state index contributed by atoms with van der Waals surface area (Å²) in [7, 11) is 0. The molecule has 0 aliphatic carbocycles. The SMILES string of the molecule is CCOC(=O)c1c(NC(=O)c2sc(-c3ccc(F)cc3)nc2C)oc(C)c1C(C)=O. The molecule has 0 unspecified atom stereocenters. The van der Waals surface area contributed by atoms with Crippen LogP contribution in [0.5, 0.6) is 0 Å². The van der Waals surface area contributed by atoms with Crippen LogP contribution in [0.2, 0.25) is 0 Å². The first-order valence-electron chi connectivity index (χ1n) is 9.09. The van der Waals surface area contributed by atoms with E-state index < -0.39 is 11.9 Å². The summed E-state index contributed by atoms with van der Waals surface area (Å²) in [6, 6.07) is 5.77. The van der Waals surface area contributed by atoms with Crippen LogP contribution in [-0.2, 0) is 4.74 Å². The molecule has 1 N–H and O–H groups in total. The number of carbonyl (C=O) groups excluding carboxylic acids is 3. The summed E-state index contributed by atoms with van der Waals surface area (Å²) in [6.07, 6.45) is 0. The van der Waals surface area contributed by atoms with E-state index in [9.17, 15) is 18.8 Å². The number of furan rings is 1. The van der Waals surface area contributed by atoms with Crippen LogP contribution in [-0.4, -0.2) is 29.3 Å². The first-order chi connectivity index (χ1) is 14.2. The standard InChI is InChI=1S/C21H19FN2O5S/c1-5-28-21(27)16-15(11(3)25)12(4)29-19(16)24-18(26)17-10(2)23-20(30-17)13-6-8-14(22)9-7-13/h6-9H,5H2,1-4H3,(H,24,26). The van der Waals surface area contributed by atoms with Gasteiger partial charge in [-0.15, -0.1) is 11.3 Å². The molecule has 0 saturated heterocycles. The summed E-state index contributed by atoms with van der Waals surface area (Å²) in [4.78, 5) is 41.9. The molecule has 0 atom stereocenters. The summed E-state index contributed by atoms with van der Waals surface area (Å²) >= 11 is 1.12. The highest BCUT2D eigenvalue weighted by Gasteiger charge is 2.29. The molecule has 156 valence electrons. The molecule has 0 spiro atoms. The van der Waals surface area contributed by atoms with Crippen molar-refractivity contribution in [2.24, 2.45) is 0 Å². The minimum Gasteiger partial charge on any atom is -0.462 e. The number of hydrogen-bond donors (Lipinski definition) is 1. The number of aromatic nitrogens is 1. The summed E-state index contributed by atoms with van der Waals surface area (Å²) in [5.74, 6) is -2.01. The lowest BCUT2D eigenvalue weighted by atomic mass is 10.1. The molecule has 3 aromatic rings. The first-order valence-corrected chi connectivity index (χ1v) is 9.90. The van der Waals surface area contributed by atoms with E-state index >= 15 is 0 Å². The lowest BCUT2D eigenvalue weighted by Gasteiger charge is -2.05. The predicted molar refractivity (Wildman–Crippen MR) is 110 cm³/mol. The minimum atomic E-state index is -0.761. The Bertz CT molecular complexity index is 1130. The maximum Gasteiger partial charge on any atom is 0.344 e. The van der Waals surface area contributed by atoms with Crippen molar-refractivity contribution in [1.29, 1.82) is 0 Å². The quantitative estimate of drug-likeness (QED) is 0.446. The van der Waals surface area contributed by atoms with Crippen molar-refractivity contribution in [2.45, 2.75) is 27.7 Å². The van der Waals surface area contributed by atoms with Crippen LogP contribution >= 0.6 is 11.3 Å². The summed E-state index contributed by atoms with van der Waals surface area (Å²) in [5.41, 5.74) is 1.08. The Morgan fingerprint density at radius 1 is 1.17 bits per heavy atom. The number of esters is 1. The number of halogens is 1. The minimum absolute atomic E-state index is 0.0665. The highest BCUT2D eigenvalue weighted by Crippen LogP contribution is 2.32. The Morgan fingerprint density at radius 3 is 2.43 bits per heavy atom. The number of nitrogens with zero attached hydrogens (tertiary/aromatic N) is 1. The van der Waals surface area contributed by atoms with E-state index in [-0.39, 0.29) is 41.0 Å². The van der Waals surface area contributed by atoms with Gasteiger partial charge in [-0.3, -0.25) is 14.9 Å². The van der Waals surface area contributed by atoms with Gasteiger partial charge in [0.15, 0.2) is 5.78 Å². The Labute approximate surface area is 175 Å². The number of anilines is 1. The highest BCUT2D eigenvalue weighted by molar-refractivity contribution is 7.17. The third-order valence-electron chi connectivity index (χ3n) is 4.24. The molecular formula is C21H19FN2O5S. The van der Waals surface area contributed by atoms with Gasteiger partial charge < -0.3 is 9.15 Å². The second-order valence-corrected chi connectivity index (χ2v) is 7.41. The molecule has 0 bridgehead atoms. The van der Waals surface area contributed by atoms with Gasteiger partial charge in [-0.05, 0) is 52.0 Å². The van der Waals surface area contributed by atoms with Gasteiger partial charge in [0.2, 0.25) is 5.88 Å². The number of rotatable bonds is 6. The number of thiazole rings is 1. The molecule has 2 aromatic heterocycles. The number of Topliss-reactive ketones (excluding diaryl/α,β-unsaturated/α-hetero) is 1. The van der Waals surface area contributed by atoms with E-state index in [1.807, 2.05) is 0 Å². The second-order valence-electron chi connectivity index (χ2n) is 6.41. The summed E-state index contributed by atoms with van der Waals surface area (Å²) in [5, 5.41) is 3.09. The maximum atomic E-state index is 13.2. The van der Waals surface area contributed by atoms with E-state index in [1.165, 1.54) is 26.0 Å². The van der Waals surface area contributed by atoms with Gasteiger partial charge >= 0.3 is 5.97 Å². The van der Waals surface area contributed by atoms with Crippen molar-refractivity contribution in [3.63, 3.8) is 0 Å². The average Bonchev–Trinajstić information content (AvgIpc) is 3.22. The van der Waals surface area contributed by atoms with Crippen LogP contribution in [0.4, 0.5) is 10.3 Å². The number of nitrogens with one attached hydrogen (secondary N) is 1. The van der Waals surface area contributed by atoms with Crippen molar-refractivity contribution in [3.05, 3.63) is 57.5 Å².